The predicted octanol–water partition coefficient (Wildman–Crippen LogP) is 1.52. The van der Waals surface area contributed by atoms with Crippen LogP contribution >= 0.6 is 0 Å². The van der Waals surface area contributed by atoms with Crippen molar-refractivity contribution < 1.29 is 19.7 Å². The first-order valence-electron chi connectivity index (χ1n) is 5.32. The van der Waals surface area contributed by atoms with Gasteiger partial charge in [-0.05, 0) is 29.7 Å². The molecule has 2 N–H and O–H groups in total. The Morgan fingerprint density at radius 1 is 1.50 bits per heavy atom. The van der Waals surface area contributed by atoms with E-state index in [2.05, 4.69) is 0 Å². The van der Waals surface area contributed by atoms with Gasteiger partial charge in [0, 0.05) is 12.8 Å². The Hall–Kier alpha value is -1.55. The molecule has 1 aliphatic rings. The average Bonchev–Trinajstić information content (AvgIpc) is 2.72. The fourth-order valence-corrected chi connectivity index (χ4v) is 1.84. The molecule has 1 aromatic rings. The van der Waals surface area contributed by atoms with E-state index in [-0.39, 0.29) is 12.8 Å². The van der Waals surface area contributed by atoms with Crippen LogP contribution in [0.5, 0.6) is 5.75 Å². The van der Waals surface area contributed by atoms with E-state index in [1.165, 1.54) is 0 Å². The van der Waals surface area contributed by atoms with E-state index in [9.17, 15) is 9.90 Å². The Morgan fingerprint density at radius 3 is 3.06 bits per heavy atom. The zero-order valence-electron chi connectivity index (χ0n) is 8.85. The van der Waals surface area contributed by atoms with Gasteiger partial charge in [0.1, 0.15) is 5.75 Å². The standard InChI is InChI=1S/C12H14O4/c13-10(2-4-12(14)15)8-1-3-11-9(7-8)5-6-16-11/h1,3,7,10,13H,2,4-6H2,(H,14,15). The molecule has 16 heavy (non-hydrogen) atoms. The van der Waals surface area contributed by atoms with Gasteiger partial charge in [0.2, 0.25) is 0 Å². The molecule has 0 aliphatic carbocycles. The monoisotopic (exact) mass is 222 g/mol. The van der Waals surface area contributed by atoms with Crippen molar-refractivity contribution >= 4 is 5.97 Å². The maximum Gasteiger partial charge on any atom is 0.303 e. The van der Waals surface area contributed by atoms with E-state index in [4.69, 9.17) is 9.84 Å². The lowest BCUT2D eigenvalue weighted by molar-refractivity contribution is -0.137. The quantitative estimate of drug-likeness (QED) is 0.810. The molecule has 0 spiro atoms. The third-order valence-electron chi connectivity index (χ3n) is 2.73. The van der Waals surface area contributed by atoms with E-state index in [0.717, 1.165) is 23.3 Å². The van der Waals surface area contributed by atoms with Gasteiger partial charge < -0.3 is 14.9 Å². The highest BCUT2D eigenvalue weighted by Crippen LogP contribution is 2.29. The van der Waals surface area contributed by atoms with Crippen molar-refractivity contribution in [3.8, 4) is 5.75 Å². The molecule has 2 rings (SSSR count). The minimum atomic E-state index is -0.886. The summed E-state index contributed by atoms with van der Waals surface area (Å²) in [6.45, 7) is 0.685. The molecule has 0 aromatic heterocycles. The predicted molar refractivity (Wildman–Crippen MR) is 57.5 cm³/mol. The molecule has 0 bridgehead atoms. The second-order valence-electron chi connectivity index (χ2n) is 3.91. The van der Waals surface area contributed by atoms with Crippen LogP contribution < -0.4 is 4.74 Å². The fourth-order valence-electron chi connectivity index (χ4n) is 1.84. The molecule has 0 saturated heterocycles. The van der Waals surface area contributed by atoms with Gasteiger partial charge in [0.15, 0.2) is 0 Å². The molecule has 0 saturated carbocycles. The van der Waals surface area contributed by atoms with Gasteiger partial charge in [-0.1, -0.05) is 6.07 Å². The van der Waals surface area contributed by atoms with E-state index >= 15 is 0 Å². The molecule has 4 nitrogen and oxygen atoms in total. The number of ether oxygens (including phenoxy) is 1. The van der Waals surface area contributed by atoms with E-state index in [1.807, 2.05) is 12.1 Å². The van der Waals surface area contributed by atoms with Crippen molar-refractivity contribution in [2.45, 2.75) is 25.4 Å². The van der Waals surface area contributed by atoms with Crippen molar-refractivity contribution in [1.82, 2.24) is 0 Å². The summed E-state index contributed by atoms with van der Waals surface area (Å²) < 4.78 is 5.36. The maximum atomic E-state index is 10.4. The summed E-state index contributed by atoms with van der Waals surface area (Å²) in [6.07, 6.45) is 0.375. The molecule has 1 aromatic carbocycles. The van der Waals surface area contributed by atoms with Gasteiger partial charge in [0.05, 0.1) is 12.7 Å². The molecule has 86 valence electrons. The Morgan fingerprint density at radius 2 is 2.31 bits per heavy atom. The topological polar surface area (TPSA) is 66.8 Å². The number of aliphatic hydroxyl groups excluding tert-OH is 1. The first-order chi connectivity index (χ1) is 7.66. The summed E-state index contributed by atoms with van der Waals surface area (Å²) >= 11 is 0. The van der Waals surface area contributed by atoms with Gasteiger partial charge >= 0.3 is 5.97 Å². The molecule has 1 unspecified atom stereocenters. The number of hydrogen-bond acceptors (Lipinski definition) is 3. The fraction of sp³-hybridized carbons (Fsp3) is 0.417. The summed E-state index contributed by atoms with van der Waals surface area (Å²) in [4.78, 5) is 10.4. The Labute approximate surface area is 93.5 Å². The molecule has 1 heterocycles. The summed E-state index contributed by atoms with van der Waals surface area (Å²) in [6, 6.07) is 5.52. The van der Waals surface area contributed by atoms with Crippen LogP contribution in [0.25, 0.3) is 0 Å². The van der Waals surface area contributed by atoms with E-state index in [1.54, 1.807) is 6.07 Å². The highest BCUT2D eigenvalue weighted by molar-refractivity contribution is 5.66. The molecular weight excluding hydrogens is 208 g/mol. The number of aliphatic hydroxyl groups is 1. The third-order valence-corrected chi connectivity index (χ3v) is 2.73. The summed E-state index contributed by atoms with van der Waals surface area (Å²) in [5.74, 6) is -0.0160. The smallest absolute Gasteiger partial charge is 0.303 e. The van der Waals surface area contributed by atoms with Crippen molar-refractivity contribution in [2.75, 3.05) is 6.61 Å². The second kappa shape index (κ2) is 4.53. The minimum absolute atomic E-state index is 0.0191. The summed E-state index contributed by atoms with van der Waals surface area (Å²) in [7, 11) is 0. The summed E-state index contributed by atoms with van der Waals surface area (Å²) in [5.41, 5.74) is 1.86. The normalized spacial score (nSPS) is 15.3. The lowest BCUT2D eigenvalue weighted by atomic mass is 10.0. The van der Waals surface area contributed by atoms with Gasteiger partial charge in [-0.15, -0.1) is 0 Å². The average molecular weight is 222 g/mol. The zero-order valence-corrected chi connectivity index (χ0v) is 8.85. The number of rotatable bonds is 4. The Balaban J connectivity index is 2.06. The van der Waals surface area contributed by atoms with Crippen molar-refractivity contribution in [2.24, 2.45) is 0 Å². The largest absolute Gasteiger partial charge is 0.493 e. The van der Waals surface area contributed by atoms with Crippen LogP contribution in [-0.2, 0) is 11.2 Å². The number of carboxylic acid groups (broad SMARTS) is 1. The lowest BCUT2D eigenvalue weighted by Crippen LogP contribution is -2.02. The molecule has 1 aliphatic heterocycles. The molecular formula is C12H14O4. The lowest BCUT2D eigenvalue weighted by Gasteiger charge is -2.10. The first-order valence-corrected chi connectivity index (χ1v) is 5.32. The molecule has 0 fully saturated rings. The third kappa shape index (κ3) is 2.33. The Kier molecular flexibility index (Phi) is 3.10. The molecule has 0 radical (unpaired) electrons. The van der Waals surface area contributed by atoms with Crippen molar-refractivity contribution in [1.29, 1.82) is 0 Å². The number of hydrogen-bond donors (Lipinski definition) is 2. The number of carbonyl (C=O) groups is 1. The van der Waals surface area contributed by atoms with E-state index in [0.29, 0.717) is 6.61 Å². The summed E-state index contributed by atoms with van der Waals surface area (Å²) in [5, 5.41) is 18.3. The van der Waals surface area contributed by atoms with Crippen LogP contribution in [0.15, 0.2) is 18.2 Å². The van der Waals surface area contributed by atoms with Crippen LogP contribution in [-0.4, -0.2) is 22.8 Å². The maximum absolute atomic E-state index is 10.4. The number of aliphatic carboxylic acids is 1. The molecule has 0 amide bonds. The van der Waals surface area contributed by atoms with Gasteiger partial charge in [-0.2, -0.15) is 0 Å². The van der Waals surface area contributed by atoms with Gasteiger partial charge in [0.25, 0.3) is 0 Å². The van der Waals surface area contributed by atoms with Crippen LogP contribution in [0.4, 0.5) is 0 Å². The zero-order chi connectivity index (χ0) is 11.5. The Bertz CT molecular complexity index is 400. The van der Waals surface area contributed by atoms with E-state index < -0.39 is 12.1 Å². The number of fused-ring (bicyclic) bond motifs is 1. The molecule has 1 atom stereocenters. The highest BCUT2D eigenvalue weighted by Gasteiger charge is 2.15. The minimum Gasteiger partial charge on any atom is -0.493 e. The van der Waals surface area contributed by atoms with Crippen molar-refractivity contribution in [3.63, 3.8) is 0 Å². The number of benzene rings is 1. The molecule has 4 heteroatoms. The second-order valence-corrected chi connectivity index (χ2v) is 3.91. The SMILES string of the molecule is O=C(O)CCC(O)c1ccc2c(c1)CCO2. The van der Waals surface area contributed by atoms with Crippen LogP contribution in [0, 0.1) is 0 Å². The number of carboxylic acids is 1. The van der Waals surface area contributed by atoms with Gasteiger partial charge in [-0.25, -0.2) is 0 Å². The first kappa shape index (κ1) is 11.0. The highest BCUT2D eigenvalue weighted by atomic mass is 16.5. The van der Waals surface area contributed by atoms with Gasteiger partial charge in [-0.3, -0.25) is 4.79 Å². The van der Waals surface area contributed by atoms with Crippen LogP contribution in [0.2, 0.25) is 0 Å². The van der Waals surface area contributed by atoms with Crippen LogP contribution in [0.3, 0.4) is 0 Å². The van der Waals surface area contributed by atoms with Crippen LogP contribution in [0.1, 0.15) is 30.1 Å². The van der Waals surface area contributed by atoms with Crippen molar-refractivity contribution in [3.05, 3.63) is 29.3 Å².